The van der Waals surface area contributed by atoms with Crippen molar-refractivity contribution in [3.8, 4) is 0 Å². The largest absolute Gasteiger partial charge is 0.357 e. The maximum Gasteiger partial charge on any atom is 0.191 e. The van der Waals surface area contributed by atoms with E-state index in [1.807, 2.05) is 12.4 Å². The Kier molecular flexibility index (Phi) is 6.45. The van der Waals surface area contributed by atoms with Crippen LogP contribution in [0.25, 0.3) is 0 Å². The fraction of sp³-hybridized carbons (Fsp3) is 0.500. The Bertz CT molecular complexity index is 571. The summed E-state index contributed by atoms with van der Waals surface area (Å²) in [5, 5.41) is 8.72. The molecule has 0 aromatic carbocycles. The van der Waals surface area contributed by atoms with Gasteiger partial charge in [-0.1, -0.05) is 19.9 Å². The van der Waals surface area contributed by atoms with E-state index in [1.54, 1.807) is 11.3 Å². The highest BCUT2D eigenvalue weighted by molar-refractivity contribution is 7.09. The fourth-order valence-corrected chi connectivity index (χ4v) is 2.77. The minimum absolute atomic E-state index is 0.583. The average Bonchev–Trinajstić information content (AvgIpc) is 3.13. The molecule has 6 heteroatoms. The number of aliphatic imine (C=N–C) groups is 1. The predicted octanol–water partition coefficient (Wildman–Crippen LogP) is 2.86. The highest BCUT2D eigenvalue weighted by atomic mass is 32.1. The summed E-state index contributed by atoms with van der Waals surface area (Å²) in [6.07, 6.45) is 3.87. The van der Waals surface area contributed by atoms with Crippen molar-refractivity contribution in [2.75, 3.05) is 6.54 Å². The molecule has 0 aliphatic carbocycles. The van der Waals surface area contributed by atoms with Crippen molar-refractivity contribution in [3.63, 3.8) is 0 Å². The van der Waals surface area contributed by atoms with Gasteiger partial charge in [0.1, 0.15) is 12.4 Å². The molecule has 0 spiro atoms. The highest BCUT2D eigenvalue weighted by Gasteiger charge is 2.05. The van der Waals surface area contributed by atoms with Gasteiger partial charge >= 0.3 is 0 Å². The Hall–Kier alpha value is -1.82. The Morgan fingerprint density at radius 1 is 1.41 bits per heavy atom. The standard InChI is InChI=1S/C16H25N5S/c1-4-17-16(19-10-14-6-5-9-22-14)20-11-15-18-7-8-21(15)12-13(2)3/h5-9,13H,4,10-12H2,1-3H3,(H2,17,19,20). The van der Waals surface area contributed by atoms with Gasteiger partial charge in [0.15, 0.2) is 5.96 Å². The summed E-state index contributed by atoms with van der Waals surface area (Å²) in [7, 11) is 0. The Morgan fingerprint density at radius 3 is 2.95 bits per heavy atom. The molecule has 0 atom stereocenters. The normalized spacial score (nSPS) is 11.9. The lowest BCUT2D eigenvalue weighted by Gasteiger charge is -2.12. The first-order chi connectivity index (χ1) is 10.7. The molecule has 0 radical (unpaired) electrons. The lowest BCUT2D eigenvalue weighted by molar-refractivity contribution is 0.507. The molecule has 120 valence electrons. The zero-order valence-corrected chi connectivity index (χ0v) is 14.4. The summed E-state index contributed by atoms with van der Waals surface area (Å²) in [6, 6.07) is 4.19. The maximum atomic E-state index is 4.64. The van der Waals surface area contributed by atoms with Crippen LogP contribution in [0.1, 0.15) is 31.5 Å². The van der Waals surface area contributed by atoms with E-state index in [2.05, 4.69) is 63.5 Å². The van der Waals surface area contributed by atoms with Gasteiger partial charge in [-0.2, -0.15) is 0 Å². The zero-order valence-electron chi connectivity index (χ0n) is 13.5. The Morgan fingerprint density at radius 2 is 2.27 bits per heavy atom. The van der Waals surface area contributed by atoms with Crippen molar-refractivity contribution in [3.05, 3.63) is 40.6 Å². The molecule has 2 N–H and O–H groups in total. The molecule has 0 fully saturated rings. The van der Waals surface area contributed by atoms with Gasteiger partial charge in [0, 0.05) is 30.4 Å². The number of imidazole rings is 1. The number of aromatic nitrogens is 2. The minimum Gasteiger partial charge on any atom is -0.357 e. The molecule has 0 bridgehead atoms. The lowest BCUT2D eigenvalue weighted by Crippen LogP contribution is -2.36. The molecule has 0 saturated heterocycles. The monoisotopic (exact) mass is 319 g/mol. The van der Waals surface area contributed by atoms with Gasteiger partial charge < -0.3 is 15.2 Å². The van der Waals surface area contributed by atoms with Crippen molar-refractivity contribution in [2.45, 2.75) is 40.4 Å². The molecule has 22 heavy (non-hydrogen) atoms. The first-order valence-electron chi connectivity index (χ1n) is 7.73. The molecule has 2 heterocycles. The van der Waals surface area contributed by atoms with Crippen LogP contribution in [0.5, 0.6) is 0 Å². The maximum absolute atomic E-state index is 4.64. The highest BCUT2D eigenvalue weighted by Crippen LogP contribution is 2.07. The Labute approximate surface area is 136 Å². The van der Waals surface area contributed by atoms with Crippen LogP contribution in [0.3, 0.4) is 0 Å². The Balaban J connectivity index is 1.96. The van der Waals surface area contributed by atoms with Crippen LogP contribution in [-0.2, 0) is 19.6 Å². The van der Waals surface area contributed by atoms with Crippen LogP contribution in [0.4, 0.5) is 0 Å². The molecule has 0 unspecified atom stereocenters. The first kappa shape index (κ1) is 16.5. The third-order valence-electron chi connectivity index (χ3n) is 3.10. The second-order valence-corrected chi connectivity index (χ2v) is 6.55. The summed E-state index contributed by atoms with van der Waals surface area (Å²) in [4.78, 5) is 10.4. The van der Waals surface area contributed by atoms with Gasteiger partial charge in [0.25, 0.3) is 0 Å². The number of nitrogens with zero attached hydrogens (tertiary/aromatic N) is 3. The van der Waals surface area contributed by atoms with E-state index in [9.17, 15) is 0 Å². The van der Waals surface area contributed by atoms with E-state index in [0.29, 0.717) is 12.5 Å². The quantitative estimate of drug-likeness (QED) is 0.609. The van der Waals surface area contributed by atoms with Crippen LogP contribution in [0.15, 0.2) is 34.9 Å². The fourth-order valence-electron chi connectivity index (χ4n) is 2.13. The molecule has 2 aromatic rings. The van der Waals surface area contributed by atoms with Crippen LogP contribution < -0.4 is 10.6 Å². The van der Waals surface area contributed by atoms with Crippen molar-refractivity contribution >= 4 is 17.3 Å². The van der Waals surface area contributed by atoms with Gasteiger partial charge in [-0.3, -0.25) is 0 Å². The molecular formula is C16H25N5S. The van der Waals surface area contributed by atoms with Crippen LogP contribution >= 0.6 is 11.3 Å². The van der Waals surface area contributed by atoms with Crippen molar-refractivity contribution in [1.29, 1.82) is 0 Å². The average molecular weight is 319 g/mol. The number of guanidine groups is 1. The number of rotatable bonds is 7. The van der Waals surface area contributed by atoms with Gasteiger partial charge in [0.2, 0.25) is 0 Å². The molecular weight excluding hydrogens is 294 g/mol. The summed E-state index contributed by atoms with van der Waals surface area (Å²) < 4.78 is 2.18. The van der Waals surface area contributed by atoms with Crippen molar-refractivity contribution < 1.29 is 0 Å². The number of nitrogens with one attached hydrogen (secondary N) is 2. The molecule has 0 aliphatic heterocycles. The molecule has 2 aromatic heterocycles. The van der Waals surface area contributed by atoms with Crippen LogP contribution in [0, 0.1) is 5.92 Å². The summed E-state index contributed by atoms with van der Waals surface area (Å²) in [5.41, 5.74) is 0. The third-order valence-corrected chi connectivity index (χ3v) is 3.97. The van der Waals surface area contributed by atoms with Gasteiger partial charge in [0.05, 0.1) is 6.54 Å². The molecule has 2 rings (SSSR count). The van der Waals surface area contributed by atoms with E-state index >= 15 is 0 Å². The minimum atomic E-state index is 0.583. The zero-order chi connectivity index (χ0) is 15.8. The number of hydrogen-bond donors (Lipinski definition) is 2. The summed E-state index contributed by atoms with van der Waals surface area (Å²) in [5.74, 6) is 2.43. The predicted molar refractivity (Wildman–Crippen MR) is 93.0 cm³/mol. The lowest BCUT2D eigenvalue weighted by atomic mass is 10.2. The van der Waals surface area contributed by atoms with Crippen molar-refractivity contribution in [1.82, 2.24) is 20.2 Å². The topological polar surface area (TPSA) is 54.2 Å². The van der Waals surface area contributed by atoms with E-state index in [4.69, 9.17) is 0 Å². The van der Waals surface area contributed by atoms with Gasteiger partial charge in [-0.15, -0.1) is 11.3 Å². The second-order valence-electron chi connectivity index (χ2n) is 5.52. The molecule has 0 saturated carbocycles. The SMILES string of the molecule is CCNC(=NCc1nccn1CC(C)C)NCc1cccs1. The van der Waals surface area contributed by atoms with E-state index in [1.165, 1.54) is 4.88 Å². The number of hydrogen-bond acceptors (Lipinski definition) is 3. The second kappa shape index (κ2) is 8.58. The third kappa shape index (κ3) is 5.18. The van der Waals surface area contributed by atoms with E-state index in [-0.39, 0.29) is 0 Å². The first-order valence-corrected chi connectivity index (χ1v) is 8.61. The molecule has 5 nitrogen and oxygen atoms in total. The molecule has 0 aliphatic rings. The summed E-state index contributed by atoms with van der Waals surface area (Å²) in [6.45, 7) is 9.69. The number of thiophene rings is 1. The summed E-state index contributed by atoms with van der Waals surface area (Å²) >= 11 is 1.75. The van der Waals surface area contributed by atoms with E-state index in [0.717, 1.165) is 31.4 Å². The van der Waals surface area contributed by atoms with Gasteiger partial charge in [-0.25, -0.2) is 9.98 Å². The van der Waals surface area contributed by atoms with Gasteiger partial charge in [-0.05, 0) is 24.3 Å². The van der Waals surface area contributed by atoms with Crippen molar-refractivity contribution in [2.24, 2.45) is 10.9 Å². The van der Waals surface area contributed by atoms with Crippen LogP contribution in [0.2, 0.25) is 0 Å². The molecule has 0 amide bonds. The van der Waals surface area contributed by atoms with E-state index < -0.39 is 0 Å². The van der Waals surface area contributed by atoms with Crippen LogP contribution in [-0.4, -0.2) is 22.1 Å². The smallest absolute Gasteiger partial charge is 0.191 e.